The number of fused-ring (bicyclic) bond motifs is 2. The van der Waals surface area contributed by atoms with Gasteiger partial charge in [0.25, 0.3) is 5.91 Å². The summed E-state index contributed by atoms with van der Waals surface area (Å²) >= 11 is 1.41. The van der Waals surface area contributed by atoms with Crippen LogP contribution in [0.2, 0.25) is 0 Å². The zero-order chi connectivity index (χ0) is 19.0. The number of hydrogen-bond donors (Lipinski definition) is 0. The van der Waals surface area contributed by atoms with E-state index in [1.54, 1.807) is 30.3 Å². The third-order valence-corrected chi connectivity index (χ3v) is 5.37. The number of carbonyl (C=O) groups excluding carboxylic acids is 1. The highest BCUT2D eigenvalue weighted by Gasteiger charge is 2.15. The Hall–Kier alpha value is -3.25. The van der Waals surface area contributed by atoms with Crippen molar-refractivity contribution in [1.82, 2.24) is 4.57 Å². The summed E-state index contributed by atoms with van der Waals surface area (Å²) in [5.74, 6) is -0.614. The highest BCUT2D eigenvalue weighted by Crippen LogP contribution is 2.21. The lowest BCUT2D eigenvalue weighted by Gasteiger charge is -2.03. The van der Waals surface area contributed by atoms with Gasteiger partial charge < -0.3 is 8.98 Å². The van der Waals surface area contributed by atoms with Crippen molar-refractivity contribution < 1.29 is 9.21 Å². The molecular formula is C21H16N2O3S. The summed E-state index contributed by atoms with van der Waals surface area (Å²) in [5, 5.41) is 0.365. The van der Waals surface area contributed by atoms with Gasteiger partial charge in [-0.1, -0.05) is 41.7 Å². The van der Waals surface area contributed by atoms with Crippen LogP contribution < -0.4 is 10.2 Å². The van der Waals surface area contributed by atoms with Gasteiger partial charge in [-0.3, -0.25) is 9.59 Å². The molecule has 0 saturated heterocycles. The van der Waals surface area contributed by atoms with Gasteiger partial charge in [-0.05, 0) is 30.7 Å². The summed E-state index contributed by atoms with van der Waals surface area (Å²) in [4.78, 5) is 30.1. The molecule has 6 heteroatoms. The molecule has 0 aliphatic heterocycles. The lowest BCUT2D eigenvalue weighted by Crippen LogP contribution is -2.20. The first-order valence-corrected chi connectivity index (χ1v) is 9.21. The minimum absolute atomic E-state index is 0.0759. The zero-order valence-corrected chi connectivity index (χ0v) is 15.5. The number of aryl methyl sites for hydroxylation is 1. The fraction of sp³-hybridized carbons (Fsp3) is 0.0952. The van der Waals surface area contributed by atoms with Crippen molar-refractivity contribution in [2.75, 3.05) is 0 Å². The van der Waals surface area contributed by atoms with Crippen LogP contribution in [0.25, 0.3) is 21.2 Å². The number of nitrogens with zero attached hydrogens (tertiary/aromatic N) is 2. The van der Waals surface area contributed by atoms with Crippen molar-refractivity contribution >= 4 is 38.4 Å². The van der Waals surface area contributed by atoms with Gasteiger partial charge in [-0.15, -0.1) is 6.58 Å². The van der Waals surface area contributed by atoms with Crippen molar-refractivity contribution in [3.63, 3.8) is 0 Å². The maximum absolute atomic E-state index is 12.7. The second-order valence-corrected chi connectivity index (χ2v) is 7.11. The van der Waals surface area contributed by atoms with Crippen LogP contribution in [0, 0.1) is 6.92 Å². The van der Waals surface area contributed by atoms with E-state index in [2.05, 4.69) is 11.6 Å². The van der Waals surface area contributed by atoms with E-state index in [0.29, 0.717) is 22.3 Å². The fourth-order valence-corrected chi connectivity index (χ4v) is 4.18. The van der Waals surface area contributed by atoms with E-state index >= 15 is 0 Å². The second kappa shape index (κ2) is 6.81. The molecule has 0 unspecified atom stereocenters. The molecule has 0 N–H and O–H groups in total. The molecule has 0 aliphatic rings. The number of rotatable bonds is 3. The molecule has 0 atom stereocenters. The number of aromatic nitrogens is 1. The standard InChI is InChI=1S/C21H16N2O3S/c1-3-11-23-18-13(2)7-6-10-17(18)27-21(23)22-20(25)15-12-26-16-9-5-4-8-14(16)19(15)24/h3-10,12H,1,11H2,2H3. The summed E-state index contributed by atoms with van der Waals surface area (Å²) in [6.07, 6.45) is 2.94. The van der Waals surface area contributed by atoms with Crippen molar-refractivity contribution in [3.8, 4) is 0 Å². The molecule has 4 aromatic rings. The SMILES string of the molecule is C=CCn1c(=NC(=O)c2coc3ccccc3c2=O)sc2cccc(C)c21. The Morgan fingerprint density at radius 1 is 1.26 bits per heavy atom. The fourth-order valence-electron chi connectivity index (χ4n) is 3.06. The lowest BCUT2D eigenvalue weighted by molar-refractivity contribution is 0.0995. The predicted octanol–water partition coefficient (Wildman–Crippen LogP) is 4.04. The predicted molar refractivity (Wildman–Crippen MR) is 107 cm³/mol. The molecule has 2 aromatic carbocycles. The normalized spacial score (nSPS) is 12.0. The van der Waals surface area contributed by atoms with Crippen LogP contribution in [0.3, 0.4) is 0 Å². The van der Waals surface area contributed by atoms with E-state index in [1.165, 1.54) is 17.6 Å². The van der Waals surface area contributed by atoms with E-state index in [1.807, 2.05) is 29.7 Å². The molecule has 0 aliphatic carbocycles. The van der Waals surface area contributed by atoms with Crippen molar-refractivity contribution in [3.05, 3.63) is 87.5 Å². The zero-order valence-electron chi connectivity index (χ0n) is 14.6. The van der Waals surface area contributed by atoms with E-state index in [4.69, 9.17) is 4.42 Å². The molecule has 0 spiro atoms. The average Bonchev–Trinajstić information content (AvgIpc) is 3.01. The molecule has 0 fully saturated rings. The molecule has 0 bridgehead atoms. The van der Waals surface area contributed by atoms with Gasteiger partial charge in [0, 0.05) is 6.54 Å². The highest BCUT2D eigenvalue weighted by atomic mass is 32.1. The first-order valence-electron chi connectivity index (χ1n) is 8.39. The van der Waals surface area contributed by atoms with Gasteiger partial charge in [-0.25, -0.2) is 0 Å². The first-order chi connectivity index (χ1) is 13.1. The van der Waals surface area contributed by atoms with E-state index in [0.717, 1.165) is 15.8 Å². The molecular weight excluding hydrogens is 360 g/mol. The monoisotopic (exact) mass is 376 g/mol. The third-order valence-electron chi connectivity index (χ3n) is 4.32. The summed E-state index contributed by atoms with van der Waals surface area (Å²) in [6.45, 7) is 6.32. The number of amides is 1. The van der Waals surface area contributed by atoms with Gasteiger partial charge in [-0.2, -0.15) is 4.99 Å². The van der Waals surface area contributed by atoms with Crippen molar-refractivity contribution in [2.24, 2.45) is 4.99 Å². The Morgan fingerprint density at radius 2 is 2.07 bits per heavy atom. The Balaban J connectivity index is 1.92. The van der Waals surface area contributed by atoms with Crippen LogP contribution in [0.15, 0.2) is 75.6 Å². The summed E-state index contributed by atoms with van der Waals surface area (Å²) in [6, 6.07) is 12.8. The minimum Gasteiger partial charge on any atom is -0.463 e. The van der Waals surface area contributed by atoms with Crippen molar-refractivity contribution in [1.29, 1.82) is 0 Å². The van der Waals surface area contributed by atoms with Crippen LogP contribution in [0.1, 0.15) is 15.9 Å². The average molecular weight is 376 g/mol. The number of allylic oxidation sites excluding steroid dienone is 1. The Kier molecular flexibility index (Phi) is 4.33. The summed E-state index contributed by atoms with van der Waals surface area (Å²) in [5.41, 5.74) is 2.09. The number of thiazole rings is 1. The van der Waals surface area contributed by atoms with Gasteiger partial charge >= 0.3 is 0 Å². The van der Waals surface area contributed by atoms with Gasteiger partial charge in [0.15, 0.2) is 4.80 Å². The molecule has 4 rings (SSSR count). The topological polar surface area (TPSA) is 64.6 Å². The van der Waals surface area contributed by atoms with Crippen LogP contribution >= 0.6 is 11.3 Å². The van der Waals surface area contributed by atoms with Crippen LogP contribution in [-0.2, 0) is 6.54 Å². The van der Waals surface area contributed by atoms with Gasteiger partial charge in [0.05, 0.1) is 15.6 Å². The van der Waals surface area contributed by atoms with E-state index in [-0.39, 0.29) is 11.0 Å². The lowest BCUT2D eigenvalue weighted by atomic mass is 10.1. The second-order valence-electron chi connectivity index (χ2n) is 6.10. The van der Waals surface area contributed by atoms with Gasteiger partial charge in [0.2, 0.25) is 5.43 Å². The number of carbonyl (C=O) groups is 1. The molecule has 0 radical (unpaired) electrons. The molecule has 27 heavy (non-hydrogen) atoms. The Bertz CT molecular complexity index is 1320. The minimum atomic E-state index is -0.614. The van der Waals surface area contributed by atoms with Crippen LogP contribution in [0.5, 0.6) is 0 Å². The van der Waals surface area contributed by atoms with Crippen LogP contribution in [-0.4, -0.2) is 10.5 Å². The quantitative estimate of drug-likeness (QED) is 0.507. The van der Waals surface area contributed by atoms with E-state index in [9.17, 15) is 9.59 Å². The maximum Gasteiger partial charge on any atom is 0.286 e. The number of para-hydroxylation sites is 2. The highest BCUT2D eigenvalue weighted by molar-refractivity contribution is 7.16. The molecule has 5 nitrogen and oxygen atoms in total. The number of hydrogen-bond acceptors (Lipinski definition) is 4. The number of benzene rings is 2. The molecule has 2 aromatic heterocycles. The summed E-state index contributed by atoms with van der Waals surface area (Å²) in [7, 11) is 0. The third kappa shape index (κ3) is 2.94. The van der Waals surface area contributed by atoms with Crippen LogP contribution in [0.4, 0.5) is 0 Å². The first kappa shape index (κ1) is 17.2. The van der Waals surface area contributed by atoms with Crippen molar-refractivity contribution in [2.45, 2.75) is 13.5 Å². The molecule has 1 amide bonds. The molecule has 2 heterocycles. The Morgan fingerprint density at radius 3 is 2.89 bits per heavy atom. The Labute approximate surface area is 158 Å². The smallest absolute Gasteiger partial charge is 0.286 e. The van der Waals surface area contributed by atoms with Gasteiger partial charge in [0.1, 0.15) is 17.4 Å². The molecule has 134 valence electrons. The van der Waals surface area contributed by atoms with E-state index < -0.39 is 5.91 Å². The summed E-state index contributed by atoms with van der Waals surface area (Å²) < 4.78 is 8.39. The largest absolute Gasteiger partial charge is 0.463 e. The maximum atomic E-state index is 12.7. The molecule has 0 saturated carbocycles.